The third-order valence-corrected chi connectivity index (χ3v) is 7.51. The number of nitrogens with zero attached hydrogens (tertiary/aromatic N) is 5. The van der Waals surface area contributed by atoms with Gasteiger partial charge in [-0.25, -0.2) is 4.98 Å². The van der Waals surface area contributed by atoms with E-state index in [-0.39, 0.29) is 0 Å². The summed E-state index contributed by atoms with van der Waals surface area (Å²) in [5, 5.41) is 4.55. The van der Waals surface area contributed by atoms with Gasteiger partial charge in [-0.1, -0.05) is 6.42 Å². The Labute approximate surface area is 177 Å². The number of hydrogen-bond acceptors (Lipinski definition) is 5. The maximum Gasteiger partial charge on any atom is 0.229 e. The zero-order valence-electron chi connectivity index (χ0n) is 17.7. The van der Waals surface area contributed by atoms with Crippen LogP contribution in [-0.4, -0.2) is 52.7 Å². The third-order valence-electron chi connectivity index (χ3n) is 7.51. The molecule has 3 unspecified atom stereocenters. The van der Waals surface area contributed by atoms with Crippen molar-refractivity contribution in [1.82, 2.24) is 19.4 Å². The zero-order chi connectivity index (χ0) is 20.1. The van der Waals surface area contributed by atoms with Crippen molar-refractivity contribution < 1.29 is 0 Å². The van der Waals surface area contributed by atoms with Crippen LogP contribution in [-0.2, 0) is 0 Å². The van der Waals surface area contributed by atoms with E-state index in [1.165, 1.54) is 31.4 Å². The van der Waals surface area contributed by atoms with Gasteiger partial charge in [-0.15, -0.1) is 0 Å². The summed E-state index contributed by atoms with van der Waals surface area (Å²) in [6.45, 7) is 4.42. The van der Waals surface area contributed by atoms with Crippen LogP contribution < -0.4 is 10.2 Å². The topological polar surface area (TPSA) is 49.2 Å². The Morgan fingerprint density at radius 1 is 0.967 bits per heavy atom. The Morgan fingerprint density at radius 3 is 2.53 bits per heavy atom. The van der Waals surface area contributed by atoms with Crippen LogP contribution in [0.4, 0.5) is 17.3 Å². The second-order valence-corrected chi connectivity index (χ2v) is 9.40. The van der Waals surface area contributed by atoms with E-state index in [0.717, 1.165) is 54.7 Å². The molecule has 1 aliphatic heterocycles. The molecule has 30 heavy (non-hydrogen) atoms. The molecule has 3 fully saturated rings. The molecule has 1 saturated heterocycles. The average molecular weight is 403 g/mol. The first-order valence-electron chi connectivity index (χ1n) is 11.4. The molecule has 1 N–H and O–H groups in total. The second kappa shape index (κ2) is 7.27. The number of hydrogen-bond donors (Lipinski definition) is 1. The van der Waals surface area contributed by atoms with Crippen molar-refractivity contribution in [3.05, 3.63) is 42.7 Å². The summed E-state index contributed by atoms with van der Waals surface area (Å²) in [6.07, 6.45) is 9.69. The lowest BCUT2D eigenvalue weighted by Crippen LogP contribution is -2.44. The Kier molecular flexibility index (Phi) is 4.41. The molecular formula is C24H30N6. The van der Waals surface area contributed by atoms with Crippen LogP contribution in [0.3, 0.4) is 0 Å². The molecule has 0 amide bonds. The third kappa shape index (κ3) is 3.23. The van der Waals surface area contributed by atoms with Crippen molar-refractivity contribution in [3.8, 4) is 0 Å². The first-order chi connectivity index (χ1) is 14.7. The molecule has 2 aliphatic carbocycles. The van der Waals surface area contributed by atoms with Gasteiger partial charge in [-0.05, 0) is 68.5 Å². The monoisotopic (exact) mass is 402 g/mol. The number of aromatic nitrogens is 3. The van der Waals surface area contributed by atoms with Gasteiger partial charge >= 0.3 is 0 Å². The summed E-state index contributed by atoms with van der Waals surface area (Å²) in [6, 6.07) is 11.4. The fourth-order valence-corrected chi connectivity index (χ4v) is 5.77. The number of anilines is 3. The van der Waals surface area contributed by atoms with Crippen molar-refractivity contribution in [2.45, 2.75) is 31.7 Å². The maximum atomic E-state index is 4.90. The Hall–Kier alpha value is -2.60. The van der Waals surface area contributed by atoms with E-state index in [9.17, 15) is 0 Å². The molecule has 2 bridgehead atoms. The highest BCUT2D eigenvalue weighted by molar-refractivity contribution is 5.77. The van der Waals surface area contributed by atoms with E-state index < -0.39 is 0 Å². The van der Waals surface area contributed by atoms with Crippen LogP contribution >= 0.6 is 0 Å². The molecule has 3 aliphatic rings. The number of nitrogens with one attached hydrogen (secondary N) is 1. The van der Waals surface area contributed by atoms with Gasteiger partial charge in [0.05, 0.1) is 0 Å². The van der Waals surface area contributed by atoms with Gasteiger partial charge in [0.2, 0.25) is 5.95 Å². The van der Waals surface area contributed by atoms with Gasteiger partial charge in [0.15, 0.2) is 0 Å². The standard InChI is InChI=1S/C24H30N6/c1-28-10-12-29(13-11-28)21-6-4-20(5-7-21)26-24-25-16-19-8-9-30(23(19)27-24)22-15-17-2-3-18(22)14-17/h4-9,16-18,22H,2-3,10-15H2,1H3,(H,25,26,27). The van der Waals surface area contributed by atoms with Crippen LogP contribution in [0.2, 0.25) is 0 Å². The average Bonchev–Trinajstić information content (AvgIpc) is 3.50. The smallest absolute Gasteiger partial charge is 0.229 e. The summed E-state index contributed by atoms with van der Waals surface area (Å²) < 4.78 is 2.42. The van der Waals surface area contributed by atoms with Gasteiger partial charge in [-0.2, -0.15) is 4.98 Å². The van der Waals surface area contributed by atoms with Gasteiger partial charge < -0.3 is 19.7 Å². The highest BCUT2D eigenvalue weighted by Crippen LogP contribution is 2.51. The van der Waals surface area contributed by atoms with Crippen LogP contribution in [0, 0.1) is 11.8 Å². The Balaban J connectivity index is 1.20. The van der Waals surface area contributed by atoms with Crippen molar-refractivity contribution in [2.24, 2.45) is 11.8 Å². The Morgan fingerprint density at radius 2 is 1.80 bits per heavy atom. The molecule has 3 atom stereocenters. The molecule has 1 aromatic carbocycles. The van der Waals surface area contributed by atoms with Crippen molar-refractivity contribution >= 4 is 28.4 Å². The fourth-order valence-electron chi connectivity index (χ4n) is 5.77. The molecule has 6 nitrogen and oxygen atoms in total. The number of benzene rings is 1. The number of fused-ring (bicyclic) bond motifs is 3. The molecule has 2 aromatic heterocycles. The normalized spacial score (nSPS) is 26.6. The second-order valence-electron chi connectivity index (χ2n) is 9.40. The summed E-state index contributed by atoms with van der Waals surface area (Å²) in [5.74, 6) is 2.44. The number of piperazine rings is 1. The van der Waals surface area contributed by atoms with Crippen molar-refractivity contribution in [3.63, 3.8) is 0 Å². The van der Waals surface area contributed by atoms with E-state index in [4.69, 9.17) is 4.98 Å². The summed E-state index contributed by atoms with van der Waals surface area (Å²) in [4.78, 5) is 14.3. The molecule has 156 valence electrons. The SMILES string of the molecule is CN1CCN(c2ccc(Nc3ncc4ccn(C5CC6CCC5C6)c4n3)cc2)CC1. The number of likely N-dealkylation sites (N-methyl/N-ethyl adjacent to an activating group) is 1. The molecule has 6 heteroatoms. The molecule has 6 rings (SSSR count). The van der Waals surface area contributed by atoms with Gasteiger partial charge in [0, 0.05) is 61.4 Å². The lowest BCUT2D eigenvalue weighted by Gasteiger charge is -2.34. The first kappa shape index (κ1) is 18.2. The highest BCUT2D eigenvalue weighted by Gasteiger charge is 2.40. The molecule has 0 spiro atoms. The summed E-state index contributed by atoms with van der Waals surface area (Å²) >= 11 is 0. The summed E-state index contributed by atoms with van der Waals surface area (Å²) in [7, 11) is 2.19. The van der Waals surface area contributed by atoms with E-state index >= 15 is 0 Å². The van der Waals surface area contributed by atoms with Crippen molar-refractivity contribution in [1.29, 1.82) is 0 Å². The quantitative estimate of drug-likeness (QED) is 0.706. The molecule has 3 aromatic rings. The molecular weight excluding hydrogens is 372 g/mol. The minimum absolute atomic E-state index is 0.617. The van der Waals surface area contributed by atoms with Crippen LogP contribution in [0.15, 0.2) is 42.7 Å². The van der Waals surface area contributed by atoms with E-state index in [2.05, 4.69) is 68.2 Å². The minimum Gasteiger partial charge on any atom is -0.369 e. The van der Waals surface area contributed by atoms with Gasteiger partial charge in [-0.3, -0.25) is 0 Å². The predicted octanol–water partition coefficient (Wildman–Crippen LogP) is 4.29. The molecule has 0 radical (unpaired) electrons. The predicted molar refractivity (Wildman–Crippen MR) is 121 cm³/mol. The fraction of sp³-hybridized carbons (Fsp3) is 0.500. The Bertz CT molecular complexity index is 1030. The zero-order valence-corrected chi connectivity index (χ0v) is 17.7. The van der Waals surface area contributed by atoms with Crippen LogP contribution in [0.25, 0.3) is 11.0 Å². The van der Waals surface area contributed by atoms with E-state index in [1.54, 1.807) is 0 Å². The van der Waals surface area contributed by atoms with Crippen molar-refractivity contribution in [2.75, 3.05) is 43.4 Å². The molecule has 3 heterocycles. The van der Waals surface area contributed by atoms with Gasteiger partial charge in [0.25, 0.3) is 0 Å². The lowest BCUT2D eigenvalue weighted by atomic mass is 9.95. The largest absolute Gasteiger partial charge is 0.369 e. The van der Waals surface area contributed by atoms with Crippen LogP contribution in [0.1, 0.15) is 31.7 Å². The first-order valence-corrected chi connectivity index (χ1v) is 11.4. The highest BCUT2D eigenvalue weighted by atomic mass is 15.2. The minimum atomic E-state index is 0.617. The van der Waals surface area contributed by atoms with Crippen LogP contribution in [0.5, 0.6) is 0 Å². The molecule has 2 saturated carbocycles. The maximum absolute atomic E-state index is 4.90. The summed E-state index contributed by atoms with van der Waals surface area (Å²) in [5.41, 5.74) is 3.39. The van der Waals surface area contributed by atoms with Gasteiger partial charge in [0.1, 0.15) is 5.65 Å². The van der Waals surface area contributed by atoms with E-state index in [0.29, 0.717) is 12.0 Å². The number of rotatable bonds is 4. The van der Waals surface area contributed by atoms with E-state index in [1.807, 2.05) is 6.20 Å². The lowest BCUT2D eigenvalue weighted by molar-refractivity contribution is 0.313.